The molecule has 5 rings (SSSR count). The van der Waals surface area contributed by atoms with E-state index in [4.69, 9.17) is 9.97 Å². The van der Waals surface area contributed by atoms with E-state index in [1.54, 1.807) is 11.3 Å². The summed E-state index contributed by atoms with van der Waals surface area (Å²) in [6.45, 7) is 2.69. The van der Waals surface area contributed by atoms with Gasteiger partial charge in [0.1, 0.15) is 5.82 Å². The molecular weight excluding hydrogens is 368 g/mol. The Kier molecular flexibility index (Phi) is 4.72. The molecule has 2 saturated heterocycles. The standard InChI is InChI=1S/C22H24N4OS/c27-20-11-5-12-25(20)15-16-7-3-4-13-26(16)22-17-8-1-2-9-18(17)23-21(24-22)19-10-6-14-28-19/h1-2,6,8-10,14,16H,3-5,7,11-13,15H2. The maximum atomic E-state index is 12.2. The maximum Gasteiger partial charge on any atom is 0.222 e. The first-order valence-electron chi connectivity index (χ1n) is 10.1. The Hall–Kier alpha value is -2.47. The maximum absolute atomic E-state index is 12.2. The zero-order chi connectivity index (χ0) is 18.9. The van der Waals surface area contributed by atoms with E-state index in [0.717, 1.165) is 66.3 Å². The summed E-state index contributed by atoms with van der Waals surface area (Å²) in [6, 6.07) is 12.7. The number of thiophene rings is 1. The van der Waals surface area contributed by atoms with Gasteiger partial charge in [0, 0.05) is 37.5 Å². The van der Waals surface area contributed by atoms with E-state index in [2.05, 4.69) is 34.5 Å². The molecule has 0 aliphatic carbocycles. The van der Waals surface area contributed by atoms with Crippen molar-refractivity contribution in [3.63, 3.8) is 0 Å². The summed E-state index contributed by atoms with van der Waals surface area (Å²) < 4.78 is 0. The predicted octanol–water partition coefficient (Wildman–Crippen LogP) is 4.34. The first kappa shape index (κ1) is 17.6. The summed E-state index contributed by atoms with van der Waals surface area (Å²) in [5.74, 6) is 2.12. The molecule has 1 amide bonds. The van der Waals surface area contributed by atoms with Gasteiger partial charge >= 0.3 is 0 Å². The normalized spacial score (nSPS) is 20.3. The van der Waals surface area contributed by atoms with Crippen LogP contribution in [-0.4, -0.2) is 46.5 Å². The molecule has 0 bridgehead atoms. The number of piperidine rings is 1. The minimum Gasteiger partial charge on any atom is -0.351 e. The Bertz CT molecular complexity index is 987. The molecule has 1 unspecified atom stereocenters. The molecule has 0 N–H and O–H groups in total. The zero-order valence-corrected chi connectivity index (χ0v) is 16.7. The van der Waals surface area contributed by atoms with Crippen molar-refractivity contribution in [2.75, 3.05) is 24.5 Å². The first-order chi connectivity index (χ1) is 13.8. The third kappa shape index (κ3) is 3.26. The van der Waals surface area contributed by atoms with Gasteiger partial charge in [-0.2, -0.15) is 0 Å². The third-order valence-corrected chi connectivity index (χ3v) is 6.69. The number of para-hydroxylation sites is 1. The van der Waals surface area contributed by atoms with Crippen molar-refractivity contribution in [2.24, 2.45) is 0 Å². The topological polar surface area (TPSA) is 49.3 Å². The molecule has 3 aromatic rings. The largest absolute Gasteiger partial charge is 0.351 e. The van der Waals surface area contributed by atoms with Crippen molar-refractivity contribution in [3.8, 4) is 10.7 Å². The number of likely N-dealkylation sites (tertiary alicyclic amines) is 1. The van der Waals surface area contributed by atoms with Crippen LogP contribution < -0.4 is 4.90 Å². The van der Waals surface area contributed by atoms with Crippen molar-refractivity contribution >= 4 is 34.0 Å². The van der Waals surface area contributed by atoms with Crippen LogP contribution in [-0.2, 0) is 4.79 Å². The lowest BCUT2D eigenvalue weighted by molar-refractivity contribution is -0.127. The molecule has 1 atom stereocenters. The lowest BCUT2D eigenvalue weighted by Gasteiger charge is -2.39. The lowest BCUT2D eigenvalue weighted by Crippen LogP contribution is -2.47. The van der Waals surface area contributed by atoms with Crippen molar-refractivity contribution in [1.82, 2.24) is 14.9 Å². The van der Waals surface area contributed by atoms with Crippen LogP contribution in [0.2, 0.25) is 0 Å². The molecule has 0 radical (unpaired) electrons. The SMILES string of the molecule is O=C1CCCN1CC1CCCCN1c1nc(-c2cccs2)nc2ccccc12. The Morgan fingerprint density at radius 1 is 1.04 bits per heavy atom. The van der Waals surface area contributed by atoms with Crippen molar-refractivity contribution in [1.29, 1.82) is 0 Å². The van der Waals surface area contributed by atoms with Gasteiger partial charge in [0.25, 0.3) is 0 Å². The average Bonchev–Trinajstić information content (AvgIpc) is 3.40. The van der Waals surface area contributed by atoms with Crippen molar-refractivity contribution in [2.45, 2.75) is 38.1 Å². The van der Waals surface area contributed by atoms with E-state index in [-0.39, 0.29) is 0 Å². The van der Waals surface area contributed by atoms with E-state index in [9.17, 15) is 4.79 Å². The zero-order valence-electron chi connectivity index (χ0n) is 15.9. The number of hydrogen-bond acceptors (Lipinski definition) is 5. The fourth-order valence-electron chi connectivity index (χ4n) is 4.42. The molecule has 2 aliphatic rings. The van der Waals surface area contributed by atoms with Crippen LogP contribution >= 0.6 is 11.3 Å². The quantitative estimate of drug-likeness (QED) is 0.663. The summed E-state index contributed by atoms with van der Waals surface area (Å²) in [4.78, 5) is 27.6. The molecule has 2 fully saturated rings. The monoisotopic (exact) mass is 392 g/mol. The van der Waals surface area contributed by atoms with Gasteiger partial charge in [-0.15, -0.1) is 11.3 Å². The second-order valence-electron chi connectivity index (χ2n) is 7.65. The summed E-state index contributed by atoms with van der Waals surface area (Å²) in [5, 5.41) is 3.17. The van der Waals surface area contributed by atoms with Gasteiger partial charge in [0.05, 0.1) is 10.4 Å². The molecule has 6 heteroatoms. The van der Waals surface area contributed by atoms with Crippen LogP contribution in [0.3, 0.4) is 0 Å². The van der Waals surface area contributed by atoms with Crippen LogP contribution in [0.15, 0.2) is 41.8 Å². The summed E-state index contributed by atoms with van der Waals surface area (Å²) >= 11 is 1.67. The van der Waals surface area contributed by atoms with Gasteiger partial charge < -0.3 is 9.80 Å². The number of hydrogen-bond donors (Lipinski definition) is 0. The van der Waals surface area contributed by atoms with Crippen molar-refractivity contribution < 1.29 is 4.79 Å². The summed E-state index contributed by atoms with van der Waals surface area (Å²) in [6.07, 6.45) is 5.17. The first-order valence-corrected chi connectivity index (χ1v) is 11.0. The average molecular weight is 393 g/mol. The number of amides is 1. The van der Waals surface area contributed by atoms with Crippen LogP contribution in [0.1, 0.15) is 32.1 Å². The molecular formula is C22H24N4OS. The number of aromatic nitrogens is 2. The number of carbonyl (C=O) groups is 1. The molecule has 144 valence electrons. The molecule has 2 aromatic heterocycles. The molecule has 0 saturated carbocycles. The van der Waals surface area contributed by atoms with Gasteiger partial charge in [-0.1, -0.05) is 18.2 Å². The number of rotatable bonds is 4. The van der Waals surface area contributed by atoms with Crippen LogP contribution in [0.4, 0.5) is 5.82 Å². The van der Waals surface area contributed by atoms with Gasteiger partial charge in [-0.05, 0) is 49.3 Å². The predicted molar refractivity (Wildman–Crippen MR) is 114 cm³/mol. The molecule has 0 spiro atoms. The second-order valence-corrected chi connectivity index (χ2v) is 8.60. The van der Waals surface area contributed by atoms with Crippen molar-refractivity contribution in [3.05, 3.63) is 41.8 Å². The Labute approximate surface area is 169 Å². The van der Waals surface area contributed by atoms with E-state index in [1.807, 2.05) is 17.0 Å². The van der Waals surface area contributed by atoms with Gasteiger partial charge in [0.2, 0.25) is 5.91 Å². The van der Waals surface area contributed by atoms with Gasteiger partial charge in [0.15, 0.2) is 5.82 Å². The fourth-order valence-corrected chi connectivity index (χ4v) is 5.07. The van der Waals surface area contributed by atoms with E-state index in [1.165, 1.54) is 6.42 Å². The smallest absolute Gasteiger partial charge is 0.222 e. The molecule has 28 heavy (non-hydrogen) atoms. The molecule has 2 aliphatic heterocycles. The number of carbonyl (C=O) groups excluding carboxylic acids is 1. The molecule has 5 nitrogen and oxygen atoms in total. The number of benzene rings is 1. The van der Waals surface area contributed by atoms with E-state index in [0.29, 0.717) is 18.4 Å². The number of anilines is 1. The highest BCUT2D eigenvalue weighted by Crippen LogP contribution is 2.33. The third-order valence-electron chi connectivity index (χ3n) is 5.83. The highest BCUT2D eigenvalue weighted by molar-refractivity contribution is 7.13. The highest BCUT2D eigenvalue weighted by atomic mass is 32.1. The Morgan fingerprint density at radius 2 is 1.96 bits per heavy atom. The summed E-state index contributed by atoms with van der Waals surface area (Å²) in [5.41, 5.74) is 0.984. The van der Waals surface area contributed by atoms with Crippen LogP contribution in [0.25, 0.3) is 21.6 Å². The van der Waals surface area contributed by atoms with E-state index >= 15 is 0 Å². The van der Waals surface area contributed by atoms with Crippen LogP contribution in [0, 0.1) is 0 Å². The Balaban J connectivity index is 1.56. The van der Waals surface area contributed by atoms with Gasteiger partial charge in [-0.25, -0.2) is 9.97 Å². The summed E-state index contributed by atoms with van der Waals surface area (Å²) in [7, 11) is 0. The van der Waals surface area contributed by atoms with E-state index < -0.39 is 0 Å². The number of fused-ring (bicyclic) bond motifs is 1. The second kappa shape index (κ2) is 7.51. The highest BCUT2D eigenvalue weighted by Gasteiger charge is 2.30. The molecule has 1 aromatic carbocycles. The van der Waals surface area contributed by atoms with Gasteiger partial charge in [-0.3, -0.25) is 4.79 Å². The number of nitrogens with zero attached hydrogens (tertiary/aromatic N) is 4. The fraction of sp³-hybridized carbons (Fsp3) is 0.409. The Morgan fingerprint density at radius 3 is 2.79 bits per heavy atom. The minimum atomic E-state index is 0.303. The minimum absolute atomic E-state index is 0.303. The molecule has 4 heterocycles. The van der Waals surface area contributed by atoms with Crippen LogP contribution in [0.5, 0.6) is 0 Å². The lowest BCUT2D eigenvalue weighted by atomic mass is 10.0.